The van der Waals surface area contributed by atoms with Crippen LogP contribution < -0.4 is 4.90 Å². The molecule has 0 saturated heterocycles. The van der Waals surface area contributed by atoms with Gasteiger partial charge in [0.1, 0.15) is 5.82 Å². The minimum Gasteiger partial charge on any atom is -0.340 e. The Morgan fingerprint density at radius 2 is 1.72 bits per heavy atom. The van der Waals surface area contributed by atoms with Crippen LogP contribution in [-0.2, 0) is 0 Å². The molecule has 0 aromatic heterocycles. The van der Waals surface area contributed by atoms with Gasteiger partial charge in [-0.1, -0.05) is 19.9 Å². The molecule has 2 heteroatoms. The molecule has 0 aliphatic heterocycles. The van der Waals surface area contributed by atoms with Crippen LogP contribution in [0.3, 0.4) is 0 Å². The van der Waals surface area contributed by atoms with Crippen LogP contribution >= 0.6 is 0 Å². The summed E-state index contributed by atoms with van der Waals surface area (Å²) in [6.45, 7) is 10.8. The third kappa shape index (κ3) is 3.59. The van der Waals surface area contributed by atoms with Gasteiger partial charge in [-0.15, -0.1) is 0 Å². The second-order valence-corrected chi connectivity index (χ2v) is 5.44. The van der Waals surface area contributed by atoms with Crippen molar-refractivity contribution in [1.29, 1.82) is 0 Å². The third-order valence-electron chi connectivity index (χ3n) is 2.84. The predicted molar refractivity (Wildman–Crippen MR) is 77.3 cm³/mol. The number of halogens is 1. The van der Waals surface area contributed by atoms with Gasteiger partial charge in [-0.05, 0) is 57.9 Å². The Hall–Kier alpha value is -1.31. The largest absolute Gasteiger partial charge is 0.340 e. The number of anilines is 1. The molecule has 0 fully saturated rings. The molecule has 0 radical (unpaired) electrons. The first-order valence-corrected chi connectivity index (χ1v) is 6.65. The molecule has 0 heterocycles. The molecule has 100 valence electrons. The molecular formula is C16H24FN. The van der Waals surface area contributed by atoms with Gasteiger partial charge in [-0.3, -0.25) is 0 Å². The lowest BCUT2D eigenvalue weighted by Crippen LogP contribution is -2.40. The molecule has 0 aliphatic rings. The Labute approximate surface area is 110 Å². The molecule has 0 atom stereocenters. The van der Waals surface area contributed by atoms with Crippen LogP contribution in [-0.4, -0.2) is 5.54 Å². The van der Waals surface area contributed by atoms with Gasteiger partial charge in [0.15, 0.2) is 0 Å². The third-order valence-corrected chi connectivity index (χ3v) is 2.84. The molecule has 1 nitrogen and oxygen atoms in total. The fraction of sp³-hybridized carbons (Fsp3) is 0.500. The number of hydrogen-bond acceptors (Lipinski definition) is 1. The maximum Gasteiger partial charge on any atom is 0.123 e. The van der Waals surface area contributed by atoms with Crippen molar-refractivity contribution in [1.82, 2.24) is 0 Å². The lowest BCUT2D eigenvalue weighted by Gasteiger charge is -2.39. The van der Waals surface area contributed by atoms with Crippen molar-refractivity contribution in [2.24, 2.45) is 0 Å². The standard InChI is InChI=1S/C16H24FN/c1-6-8-14(7-2)18(16(3,4)5)15-11-9-13(17)10-12-15/h8-12H,6-7H2,1-5H3/b14-8+. The summed E-state index contributed by atoms with van der Waals surface area (Å²) >= 11 is 0. The predicted octanol–water partition coefficient (Wildman–Crippen LogP) is 5.13. The molecule has 0 aliphatic carbocycles. The summed E-state index contributed by atoms with van der Waals surface area (Å²) in [4.78, 5) is 2.29. The van der Waals surface area contributed by atoms with Crippen LogP contribution in [0.2, 0.25) is 0 Å². The van der Waals surface area contributed by atoms with Crippen LogP contribution in [0.25, 0.3) is 0 Å². The number of benzene rings is 1. The molecule has 1 aromatic rings. The zero-order valence-corrected chi connectivity index (χ0v) is 12.1. The van der Waals surface area contributed by atoms with E-state index in [1.165, 1.54) is 17.8 Å². The smallest absolute Gasteiger partial charge is 0.123 e. The average molecular weight is 249 g/mol. The molecule has 0 unspecified atom stereocenters. The van der Waals surface area contributed by atoms with Crippen molar-refractivity contribution < 1.29 is 4.39 Å². The van der Waals surface area contributed by atoms with E-state index in [-0.39, 0.29) is 11.4 Å². The topological polar surface area (TPSA) is 3.24 Å². The minimum absolute atomic E-state index is 0.0190. The Bertz CT molecular complexity index is 398. The Morgan fingerprint density at radius 3 is 2.11 bits per heavy atom. The minimum atomic E-state index is -0.190. The van der Waals surface area contributed by atoms with Crippen molar-refractivity contribution in [3.63, 3.8) is 0 Å². The van der Waals surface area contributed by atoms with E-state index < -0.39 is 0 Å². The zero-order valence-electron chi connectivity index (χ0n) is 12.1. The first-order valence-electron chi connectivity index (χ1n) is 6.65. The number of allylic oxidation sites excluding steroid dienone is 2. The highest BCUT2D eigenvalue weighted by Crippen LogP contribution is 2.30. The molecule has 0 spiro atoms. The summed E-state index contributed by atoms with van der Waals surface area (Å²) < 4.78 is 13.0. The quantitative estimate of drug-likeness (QED) is 0.714. The molecule has 0 bridgehead atoms. The summed E-state index contributed by atoms with van der Waals surface area (Å²) in [5.74, 6) is -0.190. The lowest BCUT2D eigenvalue weighted by molar-refractivity contribution is 0.532. The van der Waals surface area contributed by atoms with E-state index in [4.69, 9.17) is 0 Å². The van der Waals surface area contributed by atoms with Gasteiger partial charge in [0.25, 0.3) is 0 Å². The van der Waals surface area contributed by atoms with E-state index in [1.807, 2.05) is 12.1 Å². The van der Waals surface area contributed by atoms with Crippen molar-refractivity contribution in [3.8, 4) is 0 Å². The Morgan fingerprint density at radius 1 is 1.17 bits per heavy atom. The van der Waals surface area contributed by atoms with Gasteiger partial charge in [0.05, 0.1) is 0 Å². The van der Waals surface area contributed by atoms with Gasteiger partial charge in [0.2, 0.25) is 0 Å². The van der Waals surface area contributed by atoms with E-state index in [1.54, 1.807) is 0 Å². The Kier molecular flexibility index (Phi) is 4.94. The number of nitrogens with zero attached hydrogens (tertiary/aromatic N) is 1. The highest BCUT2D eigenvalue weighted by Gasteiger charge is 2.24. The van der Waals surface area contributed by atoms with Crippen LogP contribution in [0.1, 0.15) is 47.5 Å². The number of rotatable bonds is 4. The summed E-state index contributed by atoms with van der Waals surface area (Å²) in [7, 11) is 0. The number of hydrogen-bond donors (Lipinski definition) is 0. The first-order chi connectivity index (χ1) is 8.40. The second kappa shape index (κ2) is 6.03. The van der Waals surface area contributed by atoms with E-state index >= 15 is 0 Å². The molecule has 0 N–H and O–H groups in total. The molecule has 1 aromatic carbocycles. The first kappa shape index (κ1) is 14.7. The monoisotopic (exact) mass is 249 g/mol. The van der Waals surface area contributed by atoms with E-state index in [0.717, 1.165) is 18.5 Å². The van der Waals surface area contributed by atoms with Gasteiger partial charge in [-0.2, -0.15) is 0 Å². The normalized spacial score (nSPS) is 12.7. The zero-order chi connectivity index (χ0) is 13.8. The van der Waals surface area contributed by atoms with Crippen molar-refractivity contribution in [3.05, 3.63) is 41.9 Å². The van der Waals surface area contributed by atoms with Crippen molar-refractivity contribution >= 4 is 5.69 Å². The van der Waals surface area contributed by atoms with Gasteiger partial charge in [-0.25, -0.2) is 4.39 Å². The van der Waals surface area contributed by atoms with E-state index in [2.05, 4.69) is 45.6 Å². The molecule has 0 amide bonds. The maximum absolute atomic E-state index is 13.0. The molecule has 0 saturated carbocycles. The van der Waals surface area contributed by atoms with Crippen LogP contribution in [0.5, 0.6) is 0 Å². The van der Waals surface area contributed by atoms with Crippen molar-refractivity contribution in [2.75, 3.05) is 4.90 Å². The molecule has 1 rings (SSSR count). The molecular weight excluding hydrogens is 225 g/mol. The highest BCUT2D eigenvalue weighted by atomic mass is 19.1. The average Bonchev–Trinajstić information content (AvgIpc) is 2.29. The summed E-state index contributed by atoms with van der Waals surface area (Å²) in [6, 6.07) is 6.74. The second-order valence-electron chi connectivity index (χ2n) is 5.44. The van der Waals surface area contributed by atoms with E-state index in [9.17, 15) is 4.39 Å². The van der Waals surface area contributed by atoms with Gasteiger partial charge < -0.3 is 4.90 Å². The summed E-state index contributed by atoms with van der Waals surface area (Å²) in [6.07, 6.45) is 4.23. The lowest BCUT2D eigenvalue weighted by atomic mass is 10.0. The molecule has 18 heavy (non-hydrogen) atoms. The van der Waals surface area contributed by atoms with Crippen LogP contribution in [0.4, 0.5) is 10.1 Å². The summed E-state index contributed by atoms with van der Waals surface area (Å²) in [5, 5.41) is 0. The fourth-order valence-electron chi connectivity index (χ4n) is 2.20. The highest BCUT2D eigenvalue weighted by molar-refractivity contribution is 5.54. The SMILES string of the molecule is CC/C=C(\CC)N(c1ccc(F)cc1)C(C)(C)C. The van der Waals surface area contributed by atoms with Gasteiger partial charge >= 0.3 is 0 Å². The van der Waals surface area contributed by atoms with Crippen LogP contribution in [0, 0.1) is 5.82 Å². The van der Waals surface area contributed by atoms with Crippen molar-refractivity contribution in [2.45, 2.75) is 53.0 Å². The van der Waals surface area contributed by atoms with Crippen LogP contribution in [0.15, 0.2) is 36.0 Å². The Balaban J connectivity index is 3.21. The summed E-state index contributed by atoms with van der Waals surface area (Å²) in [5.41, 5.74) is 2.32. The maximum atomic E-state index is 13.0. The van der Waals surface area contributed by atoms with E-state index in [0.29, 0.717) is 0 Å². The van der Waals surface area contributed by atoms with Gasteiger partial charge in [0, 0.05) is 16.9 Å². The fourth-order valence-corrected chi connectivity index (χ4v) is 2.20.